The normalized spacial score (nSPS) is 11.6. The Hall–Kier alpha value is -0.190. The standard InChI is InChI=1S/C10H21NO2S/c1-10(2,3)13-8-7-12-6-4-5-9(11)14/h4-8H2,1-3H3,(H2,11,14). The molecule has 0 rings (SSSR count). The van der Waals surface area contributed by atoms with Gasteiger partial charge in [-0.1, -0.05) is 12.2 Å². The van der Waals surface area contributed by atoms with Crippen molar-refractivity contribution in [3.05, 3.63) is 0 Å². The van der Waals surface area contributed by atoms with E-state index < -0.39 is 0 Å². The van der Waals surface area contributed by atoms with Gasteiger partial charge in [0.05, 0.1) is 23.8 Å². The van der Waals surface area contributed by atoms with Gasteiger partial charge < -0.3 is 15.2 Å². The molecule has 0 heterocycles. The first-order valence-corrected chi connectivity index (χ1v) is 5.32. The van der Waals surface area contributed by atoms with Crippen LogP contribution in [0, 0.1) is 0 Å². The van der Waals surface area contributed by atoms with E-state index in [0.29, 0.717) is 24.8 Å². The predicted octanol–water partition coefficient (Wildman–Crippen LogP) is 1.88. The van der Waals surface area contributed by atoms with Crippen LogP contribution in [0.15, 0.2) is 0 Å². The highest BCUT2D eigenvalue weighted by molar-refractivity contribution is 7.80. The summed E-state index contributed by atoms with van der Waals surface area (Å²) in [6, 6.07) is 0. The van der Waals surface area contributed by atoms with Crippen molar-refractivity contribution < 1.29 is 9.47 Å². The van der Waals surface area contributed by atoms with E-state index in [9.17, 15) is 0 Å². The lowest BCUT2D eigenvalue weighted by atomic mass is 10.2. The summed E-state index contributed by atoms with van der Waals surface area (Å²) in [6.45, 7) is 8.05. The van der Waals surface area contributed by atoms with Crippen LogP contribution in [0.2, 0.25) is 0 Å². The quantitative estimate of drug-likeness (QED) is 0.524. The minimum Gasteiger partial charge on any atom is -0.393 e. The van der Waals surface area contributed by atoms with Gasteiger partial charge in [-0.2, -0.15) is 0 Å². The van der Waals surface area contributed by atoms with E-state index in [1.165, 1.54) is 0 Å². The van der Waals surface area contributed by atoms with E-state index in [0.717, 1.165) is 12.8 Å². The molecule has 0 bridgehead atoms. The smallest absolute Gasteiger partial charge is 0.0728 e. The molecule has 0 aliphatic heterocycles. The lowest BCUT2D eigenvalue weighted by Crippen LogP contribution is -2.22. The maximum atomic E-state index is 5.48. The molecule has 0 aromatic heterocycles. The Balaban J connectivity index is 3.11. The molecule has 0 aromatic rings. The van der Waals surface area contributed by atoms with Gasteiger partial charge in [-0.15, -0.1) is 0 Å². The zero-order chi connectivity index (χ0) is 11.0. The number of hydrogen-bond donors (Lipinski definition) is 1. The SMILES string of the molecule is CC(C)(C)OCCOCCCC(N)=S. The number of hydrogen-bond acceptors (Lipinski definition) is 3. The molecule has 4 heteroatoms. The molecule has 0 radical (unpaired) electrons. The molecule has 0 fully saturated rings. The molecule has 14 heavy (non-hydrogen) atoms. The zero-order valence-electron chi connectivity index (χ0n) is 9.34. The summed E-state index contributed by atoms with van der Waals surface area (Å²) < 4.78 is 10.8. The lowest BCUT2D eigenvalue weighted by Gasteiger charge is -2.19. The highest BCUT2D eigenvalue weighted by Crippen LogP contribution is 2.05. The molecule has 0 aliphatic carbocycles. The number of thiocarbonyl (C=S) groups is 1. The van der Waals surface area contributed by atoms with Gasteiger partial charge in [-0.3, -0.25) is 0 Å². The summed E-state index contributed by atoms with van der Waals surface area (Å²) in [6.07, 6.45) is 1.65. The van der Waals surface area contributed by atoms with Gasteiger partial charge in [-0.05, 0) is 33.6 Å². The fourth-order valence-corrected chi connectivity index (χ4v) is 1.00. The van der Waals surface area contributed by atoms with Gasteiger partial charge in [0.2, 0.25) is 0 Å². The molecule has 0 spiro atoms. The van der Waals surface area contributed by atoms with Crippen molar-refractivity contribution in [1.82, 2.24) is 0 Å². The molecule has 0 atom stereocenters. The maximum Gasteiger partial charge on any atom is 0.0728 e. The van der Waals surface area contributed by atoms with Gasteiger partial charge >= 0.3 is 0 Å². The summed E-state index contributed by atoms with van der Waals surface area (Å²) >= 11 is 4.74. The Kier molecular flexibility index (Phi) is 7.05. The van der Waals surface area contributed by atoms with Gasteiger partial charge in [0.15, 0.2) is 0 Å². The monoisotopic (exact) mass is 219 g/mol. The van der Waals surface area contributed by atoms with Crippen LogP contribution in [0.25, 0.3) is 0 Å². The van der Waals surface area contributed by atoms with Crippen LogP contribution in [0.5, 0.6) is 0 Å². The van der Waals surface area contributed by atoms with Crippen molar-refractivity contribution in [3.63, 3.8) is 0 Å². The summed E-state index contributed by atoms with van der Waals surface area (Å²) in [4.78, 5) is 0.555. The molecule has 2 N–H and O–H groups in total. The molecular formula is C10H21NO2S. The number of rotatable bonds is 7. The van der Waals surface area contributed by atoms with Crippen molar-refractivity contribution in [1.29, 1.82) is 0 Å². The lowest BCUT2D eigenvalue weighted by molar-refractivity contribution is -0.0348. The third kappa shape index (κ3) is 11.8. The summed E-state index contributed by atoms with van der Waals surface area (Å²) in [7, 11) is 0. The van der Waals surface area contributed by atoms with Gasteiger partial charge in [0.25, 0.3) is 0 Å². The third-order valence-electron chi connectivity index (χ3n) is 1.47. The van der Waals surface area contributed by atoms with Crippen molar-refractivity contribution in [2.45, 2.75) is 39.2 Å². The molecule has 0 aromatic carbocycles. The van der Waals surface area contributed by atoms with Gasteiger partial charge in [0, 0.05) is 6.61 Å². The van der Waals surface area contributed by atoms with Crippen molar-refractivity contribution in [3.8, 4) is 0 Å². The number of nitrogens with two attached hydrogens (primary N) is 1. The average molecular weight is 219 g/mol. The van der Waals surface area contributed by atoms with E-state index in [4.69, 9.17) is 27.4 Å². The average Bonchev–Trinajstić information content (AvgIpc) is 2.00. The minimum absolute atomic E-state index is 0.0812. The van der Waals surface area contributed by atoms with Crippen LogP contribution in [-0.4, -0.2) is 30.4 Å². The molecule has 3 nitrogen and oxygen atoms in total. The van der Waals surface area contributed by atoms with E-state index in [-0.39, 0.29) is 5.60 Å². The van der Waals surface area contributed by atoms with Crippen molar-refractivity contribution in [2.24, 2.45) is 5.73 Å². The Bertz CT molecular complexity index is 166. The maximum absolute atomic E-state index is 5.48. The Morgan fingerprint density at radius 3 is 2.36 bits per heavy atom. The Morgan fingerprint density at radius 2 is 1.86 bits per heavy atom. The molecule has 0 unspecified atom stereocenters. The summed E-state index contributed by atoms with van der Waals surface area (Å²) in [5, 5.41) is 0. The van der Waals surface area contributed by atoms with E-state index in [1.54, 1.807) is 0 Å². The molecule has 0 amide bonds. The summed E-state index contributed by atoms with van der Waals surface area (Å²) in [5.41, 5.74) is 5.26. The van der Waals surface area contributed by atoms with Crippen molar-refractivity contribution >= 4 is 17.2 Å². The van der Waals surface area contributed by atoms with E-state index in [1.807, 2.05) is 20.8 Å². The second-order valence-corrected chi connectivity index (χ2v) is 4.67. The van der Waals surface area contributed by atoms with Crippen LogP contribution < -0.4 is 5.73 Å². The van der Waals surface area contributed by atoms with Crippen LogP contribution >= 0.6 is 12.2 Å². The molecule has 84 valence electrons. The highest BCUT2D eigenvalue weighted by atomic mass is 32.1. The predicted molar refractivity (Wildman–Crippen MR) is 62.5 cm³/mol. The van der Waals surface area contributed by atoms with Gasteiger partial charge in [0.1, 0.15) is 0 Å². The van der Waals surface area contributed by atoms with Crippen LogP contribution in [-0.2, 0) is 9.47 Å². The third-order valence-corrected chi connectivity index (χ3v) is 1.68. The van der Waals surface area contributed by atoms with Crippen LogP contribution in [0.1, 0.15) is 33.6 Å². The molecular weight excluding hydrogens is 198 g/mol. The Labute approximate surface area is 91.9 Å². The molecule has 0 saturated carbocycles. The zero-order valence-corrected chi connectivity index (χ0v) is 10.2. The van der Waals surface area contributed by atoms with E-state index in [2.05, 4.69) is 0 Å². The number of ether oxygens (including phenoxy) is 2. The molecule has 0 aliphatic rings. The second kappa shape index (κ2) is 7.15. The first kappa shape index (κ1) is 13.8. The molecule has 0 saturated heterocycles. The fraction of sp³-hybridized carbons (Fsp3) is 0.900. The Morgan fingerprint density at radius 1 is 1.21 bits per heavy atom. The first-order valence-electron chi connectivity index (χ1n) is 4.92. The highest BCUT2D eigenvalue weighted by Gasteiger charge is 2.08. The second-order valence-electron chi connectivity index (χ2n) is 4.14. The van der Waals surface area contributed by atoms with Crippen molar-refractivity contribution in [2.75, 3.05) is 19.8 Å². The first-order chi connectivity index (χ1) is 6.42. The fourth-order valence-electron chi connectivity index (χ4n) is 0.857. The minimum atomic E-state index is -0.0812. The van der Waals surface area contributed by atoms with Gasteiger partial charge in [-0.25, -0.2) is 0 Å². The van der Waals surface area contributed by atoms with Crippen LogP contribution in [0.3, 0.4) is 0 Å². The topological polar surface area (TPSA) is 44.5 Å². The van der Waals surface area contributed by atoms with E-state index >= 15 is 0 Å². The summed E-state index contributed by atoms with van der Waals surface area (Å²) in [5.74, 6) is 0. The largest absolute Gasteiger partial charge is 0.393 e. The van der Waals surface area contributed by atoms with Crippen LogP contribution in [0.4, 0.5) is 0 Å².